The van der Waals surface area contributed by atoms with Gasteiger partial charge in [-0.2, -0.15) is 0 Å². The van der Waals surface area contributed by atoms with E-state index in [2.05, 4.69) is 12.2 Å². The van der Waals surface area contributed by atoms with Crippen molar-refractivity contribution in [3.63, 3.8) is 0 Å². The molecule has 0 radical (unpaired) electrons. The summed E-state index contributed by atoms with van der Waals surface area (Å²) in [5, 5.41) is 3.67. The van der Waals surface area contributed by atoms with Crippen molar-refractivity contribution in [3.05, 3.63) is 0 Å². The van der Waals surface area contributed by atoms with Crippen LogP contribution in [0.1, 0.15) is 53.4 Å². The van der Waals surface area contributed by atoms with Crippen molar-refractivity contribution in [1.82, 2.24) is 10.2 Å². The molecule has 128 valence electrons. The molecule has 0 bridgehead atoms. The molecule has 3 unspecified atom stereocenters. The average molecular weight is 312 g/mol. The Kier molecular flexibility index (Phi) is 6.09. The molecular weight excluding hydrogens is 280 g/mol. The van der Waals surface area contributed by atoms with Crippen LogP contribution in [0.5, 0.6) is 0 Å². The Balaban J connectivity index is 1.74. The molecular formula is C17H32N2O3. The average Bonchev–Trinajstić information content (AvgIpc) is 2.44. The normalized spacial score (nSPS) is 30.2. The first-order chi connectivity index (χ1) is 10.3. The van der Waals surface area contributed by atoms with E-state index in [1.807, 2.05) is 25.7 Å². The quantitative estimate of drug-likeness (QED) is 0.870. The van der Waals surface area contributed by atoms with Gasteiger partial charge in [0.1, 0.15) is 5.60 Å². The molecule has 2 aliphatic heterocycles. The first-order valence-corrected chi connectivity index (χ1v) is 8.66. The Morgan fingerprint density at radius 1 is 1.36 bits per heavy atom. The number of hydrogen-bond donors (Lipinski definition) is 1. The van der Waals surface area contributed by atoms with Gasteiger partial charge in [0.15, 0.2) is 0 Å². The van der Waals surface area contributed by atoms with Crippen LogP contribution in [0.25, 0.3) is 0 Å². The van der Waals surface area contributed by atoms with E-state index >= 15 is 0 Å². The van der Waals surface area contributed by atoms with Gasteiger partial charge in [0, 0.05) is 25.7 Å². The highest BCUT2D eigenvalue weighted by Crippen LogP contribution is 2.20. The lowest BCUT2D eigenvalue weighted by Gasteiger charge is -2.35. The highest BCUT2D eigenvalue weighted by atomic mass is 16.6. The predicted molar refractivity (Wildman–Crippen MR) is 87.0 cm³/mol. The summed E-state index contributed by atoms with van der Waals surface area (Å²) >= 11 is 0. The molecule has 2 heterocycles. The second kappa shape index (κ2) is 7.64. The fourth-order valence-electron chi connectivity index (χ4n) is 3.24. The summed E-state index contributed by atoms with van der Waals surface area (Å²) in [6.45, 7) is 11.4. The molecule has 3 atom stereocenters. The summed E-state index contributed by atoms with van der Waals surface area (Å²) in [5.41, 5.74) is -0.416. The van der Waals surface area contributed by atoms with Gasteiger partial charge in [0.25, 0.3) is 0 Å². The molecule has 0 aromatic heterocycles. The number of carbonyl (C=O) groups excluding carboxylic acids is 1. The standard InChI is InChI=1S/C17H32N2O3/c1-13-10-15(7-9-21-13)18-11-14-6-5-8-19(12-14)16(20)22-17(2,3)4/h13-15,18H,5-12H2,1-4H3. The van der Waals surface area contributed by atoms with Crippen LogP contribution < -0.4 is 5.32 Å². The summed E-state index contributed by atoms with van der Waals surface area (Å²) in [5.74, 6) is 0.527. The van der Waals surface area contributed by atoms with Gasteiger partial charge in [-0.05, 0) is 65.8 Å². The molecule has 0 aliphatic carbocycles. The zero-order valence-electron chi connectivity index (χ0n) is 14.6. The second-order valence-electron chi connectivity index (χ2n) is 7.75. The summed E-state index contributed by atoms with van der Waals surface area (Å²) < 4.78 is 11.1. The Hall–Kier alpha value is -0.810. The molecule has 2 saturated heterocycles. The minimum atomic E-state index is -0.416. The van der Waals surface area contributed by atoms with Crippen molar-refractivity contribution in [2.45, 2.75) is 71.1 Å². The predicted octanol–water partition coefficient (Wildman–Crippen LogP) is 2.79. The minimum Gasteiger partial charge on any atom is -0.444 e. The number of carbonyl (C=O) groups is 1. The van der Waals surface area contributed by atoms with Crippen molar-refractivity contribution in [1.29, 1.82) is 0 Å². The summed E-state index contributed by atoms with van der Waals surface area (Å²) in [7, 11) is 0. The van der Waals surface area contributed by atoms with Crippen LogP contribution in [-0.2, 0) is 9.47 Å². The van der Waals surface area contributed by atoms with E-state index in [9.17, 15) is 4.79 Å². The molecule has 5 nitrogen and oxygen atoms in total. The molecule has 1 N–H and O–H groups in total. The van der Waals surface area contributed by atoms with Crippen molar-refractivity contribution in [2.75, 3.05) is 26.2 Å². The number of nitrogens with zero attached hydrogens (tertiary/aromatic N) is 1. The number of ether oxygens (including phenoxy) is 2. The van der Waals surface area contributed by atoms with Crippen LogP contribution in [0.3, 0.4) is 0 Å². The number of amides is 1. The highest BCUT2D eigenvalue weighted by Gasteiger charge is 2.28. The zero-order chi connectivity index (χ0) is 16.2. The molecule has 2 fully saturated rings. The SMILES string of the molecule is CC1CC(NCC2CCCN(C(=O)OC(C)(C)C)C2)CCO1. The summed E-state index contributed by atoms with van der Waals surface area (Å²) in [4.78, 5) is 14.0. The van der Waals surface area contributed by atoms with Crippen LogP contribution in [-0.4, -0.2) is 55.0 Å². The third kappa shape index (κ3) is 5.76. The van der Waals surface area contributed by atoms with Gasteiger partial charge in [0.05, 0.1) is 6.10 Å². The zero-order valence-corrected chi connectivity index (χ0v) is 14.6. The Morgan fingerprint density at radius 2 is 2.14 bits per heavy atom. The lowest BCUT2D eigenvalue weighted by molar-refractivity contribution is 0.00925. The molecule has 2 aliphatic rings. The summed E-state index contributed by atoms with van der Waals surface area (Å²) in [6, 6.07) is 0.556. The van der Waals surface area contributed by atoms with Crippen LogP contribution in [0.2, 0.25) is 0 Å². The van der Waals surface area contributed by atoms with Crippen molar-refractivity contribution in [2.24, 2.45) is 5.92 Å². The van der Waals surface area contributed by atoms with Crippen LogP contribution in [0.15, 0.2) is 0 Å². The molecule has 22 heavy (non-hydrogen) atoms. The van der Waals surface area contributed by atoms with Crippen molar-refractivity contribution >= 4 is 6.09 Å². The third-order valence-electron chi connectivity index (χ3n) is 4.35. The topological polar surface area (TPSA) is 50.8 Å². The first-order valence-electron chi connectivity index (χ1n) is 8.66. The second-order valence-corrected chi connectivity index (χ2v) is 7.75. The largest absolute Gasteiger partial charge is 0.444 e. The lowest BCUT2D eigenvalue weighted by atomic mass is 9.97. The van der Waals surface area contributed by atoms with Gasteiger partial charge in [0.2, 0.25) is 0 Å². The van der Waals surface area contributed by atoms with Crippen LogP contribution >= 0.6 is 0 Å². The highest BCUT2D eigenvalue weighted by molar-refractivity contribution is 5.68. The fraction of sp³-hybridized carbons (Fsp3) is 0.941. The van der Waals surface area contributed by atoms with Gasteiger partial charge in [-0.25, -0.2) is 4.79 Å². The van der Waals surface area contributed by atoms with E-state index < -0.39 is 5.60 Å². The number of piperidine rings is 1. The van der Waals surface area contributed by atoms with Gasteiger partial charge < -0.3 is 19.7 Å². The van der Waals surface area contributed by atoms with Gasteiger partial charge >= 0.3 is 6.09 Å². The molecule has 2 rings (SSSR count). The Morgan fingerprint density at radius 3 is 2.82 bits per heavy atom. The molecule has 1 amide bonds. The van der Waals surface area contributed by atoms with Gasteiger partial charge in [-0.1, -0.05) is 0 Å². The van der Waals surface area contributed by atoms with Crippen LogP contribution in [0.4, 0.5) is 4.79 Å². The third-order valence-corrected chi connectivity index (χ3v) is 4.35. The van der Waals surface area contributed by atoms with Crippen molar-refractivity contribution < 1.29 is 14.3 Å². The Bertz CT molecular complexity index is 367. The summed E-state index contributed by atoms with van der Waals surface area (Å²) in [6.07, 6.45) is 4.61. The lowest BCUT2D eigenvalue weighted by Crippen LogP contribution is -2.47. The maximum absolute atomic E-state index is 12.2. The smallest absolute Gasteiger partial charge is 0.410 e. The minimum absolute atomic E-state index is 0.170. The van der Waals surface area contributed by atoms with E-state index in [4.69, 9.17) is 9.47 Å². The van der Waals surface area contributed by atoms with E-state index in [1.165, 1.54) is 6.42 Å². The van der Waals surface area contributed by atoms with E-state index in [1.54, 1.807) is 0 Å². The molecule has 0 aromatic rings. The van der Waals surface area contributed by atoms with Gasteiger partial charge in [-0.3, -0.25) is 0 Å². The molecule has 0 saturated carbocycles. The van der Waals surface area contributed by atoms with E-state index in [0.29, 0.717) is 18.1 Å². The number of nitrogens with one attached hydrogen (secondary N) is 1. The maximum Gasteiger partial charge on any atom is 0.410 e. The van der Waals surface area contributed by atoms with Gasteiger partial charge in [-0.15, -0.1) is 0 Å². The van der Waals surface area contributed by atoms with E-state index in [0.717, 1.165) is 45.5 Å². The molecule has 0 aromatic carbocycles. The fourth-order valence-corrected chi connectivity index (χ4v) is 3.24. The maximum atomic E-state index is 12.2. The Labute approximate surface area is 134 Å². The molecule has 5 heteroatoms. The van der Waals surface area contributed by atoms with Crippen LogP contribution in [0, 0.1) is 5.92 Å². The number of hydrogen-bond acceptors (Lipinski definition) is 4. The monoisotopic (exact) mass is 312 g/mol. The first kappa shape index (κ1) is 17.5. The number of likely N-dealkylation sites (tertiary alicyclic amines) is 1. The number of rotatable bonds is 3. The molecule has 0 spiro atoms. The van der Waals surface area contributed by atoms with Crippen molar-refractivity contribution in [3.8, 4) is 0 Å². The van der Waals surface area contributed by atoms with E-state index in [-0.39, 0.29) is 6.09 Å².